The van der Waals surface area contributed by atoms with Gasteiger partial charge in [0.15, 0.2) is 5.78 Å². The molecule has 0 aromatic rings. The highest BCUT2D eigenvalue weighted by molar-refractivity contribution is 5.89. The normalized spacial score (nSPS) is 13.5. The topological polar surface area (TPSA) is 166 Å². The number of unbranched alkanes of at least 4 members (excludes halogenated alkanes) is 3. The van der Waals surface area contributed by atoms with Gasteiger partial charge in [0.2, 0.25) is 17.7 Å². The van der Waals surface area contributed by atoms with E-state index in [9.17, 15) is 37.1 Å². The van der Waals surface area contributed by atoms with Gasteiger partial charge in [-0.2, -0.15) is 11.1 Å². The molecule has 0 aliphatic carbocycles. The lowest BCUT2D eigenvalue weighted by Gasteiger charge is -2.19. The molecule has 0 heterocycles. The first-order valence-corrected chi connectivity index (χ1v) is 12.6. The highest BCUT2D eigenvalue weighted by Crippen LogP contribution is 2.17. The fourth-order valence-electron chi connectivity index (χ4n) is 3.61. The second kappa shape index (κ2) is 22.8. The second-order valence-corrected chi connectivity index (χ2v) is 8.74. The molecule has 37 heavy (non-hydrogen) atoms. The minimum absolute atomic E-state index is 0.00501. The molecule has 0 rings (SSSR count). The Labute approximate surface area is 214 Å². The number of ketones is 1. The molecule has 0 unspecified atom stereocenters. The number of carbonyl (C=O) groups excluding carboxylic acids is 4. The van der Waals surface area contributed by atoms with Crippen LogP contribution in [-0.4, -0.2) is 61.8 Å². The van der Waals surface area contributed by atoms with Gasteiger partial charge in [-0.25, -0.2) is 0 Å². The Hall–Kier alpha value is -2.36. The summed E-state index contributed by atoms with van der Waals surface area (Å²) < 4.78 is 50.0. The molecule has 0 aliphatic rings. The van der Waals surface area contributed by atoms with Crippen molar-refractivity contribution in [2.75, 3.05) is 26.2 Å². The number of carbonyl (C=O) groups is 4. The Balaban J connectivity index is 4.73. The SMILES string of the molecule is NC(=O)CCNC(=O)[C@H](CCCCNC(=O)[C@H](CCCCNF)NF)CC(=O)[C@H](CCCCNF)NF. The average Bonchev–Trinajstić information content (AvgIpc) is 2.87. The Morgan fingerprint density at radius 3 is 1.68 bits per heavy atom. The molecule has 0 aromatic carbocycles. The molecule has 216 valence electrons. The maximum absolute atomic E-state index is 13.2. The van der Waals surface area contributed by atoms with Crippen LogP contribution in [0.15, 0.2) is 0 Å². The van der Waals surface area contributed by atoms with Gasteiger partial charge < -0.3 is 16.4 Å². The number of halogens is 4. The number of primary amides is 1. The standard InChI is InChI=1S/C22H41F4N7O4/c23-30-12-5-2-8-17(32-25)19(34)15-16(21(36)29-14-10-20(27)35)7-1-4-11-28-22(37)18(33-26)9-3-6-13-31-24/h16-18,30-33H,1-15H2,(H2,27,35)(H,28,37)(H,29,36)/t16-,17+,18+/m1/s1. The van der Waals surface area contributed by atoms with E-state index in [1.807, 2.05) is 0 Å². The van der Waals surface area contributed by atoms with E-state index in [1.165, 1.54) is 22.2 Å². The summed E-state index contributed by atoms with van der Waals surface area (Å²) in [6.45, 7) is 0.381. The van der Waals surface area contributed by atoms with Gasteiger partial charge in [-0.15, -0.1) is 29.0 Å². The number of hydrogen-bond acceptors (Lipinski definition) is 8. The van der Waals surface area contributed by atoms with Crippen LogP contribution < -0.4 is 38.5 Å². The molecular weight excluding hydrogens is 502 g/mol. The van der Waals surface area contributed by atoms with Crippen LogP contribution >= 0.6 is 0 Å². The predicted octanol–water partition coefficient (Wildman–Crippen LogP) is 0.814. The van der Waals surface area contributed by atoms with Crippen LogP contribution in [-0.2, 0) is 19.2 Å². The van der Waals surface area contributed by atoms with Gasteiger partial charge in [0, 0.05) is 44.9 Å². The molecule has 11 nitrogen and oxygen atoms in total. The zero-order valence-corrected chi connectivity index (χ0v) is 21.1. The summed E-state index contributed by atoms with van der Waals surface area (Å²) in [5.74, 6) is -2.95. The molecular formula is C22H41F4N7O4. The van der Waals surface area contributed by atoms with Gasteiger partial charge in [-0.3, -0.25) is 19.2 Å². The van der Waals surface area contributed by atoms with Gasteiger partial charge in [-0.05, 0) is 51.4 Å². The number of nitrogens with one attached hydrogen (secondary N) is 6. The molecule has 0 spiro atoms. The highest BCUT2D eigenvalue weighted by atomic mass is 19.2. The van der Waals surface area contributed by atoms with Crippen LogP contribution in [0.1, 0.15) is 70.6 Å². The molecule has 3 amide bonds. The maximum Gasteiger partial charge on any atom is 0.239 e. The third kappa shape index (κ3) is 17.7. The van der Waals surface area contributed by atoms with E-state index in [1.54, 1.807) is 0 Å². The summed E-state index contributed by atoms with van der Waals surface area (Å²) in [5, 5.41) is 5.13. The Morgan fingerprint density at radius 1 is 0.622 bits per heavy atom. The van der Waals surface area contributed by atoms with Gasteiger partial charge in [0.05, 0.1) is 6.04 Å². The zero-order valence-electron chi connectivity index (χ0n) is 21.1. The molecule has 0 aliphatic heterocycles. The highest BCUT2D eigenvalue weighted by Gasteiger charge is 2.26. The fraction of sp³-hybridized carbons (Fsp3) is 0.818. The van der Waals surface area contributed by atoms with Crippen LogP contribution in [0.25, 0.3) is 0 Å². The van der Waals surface area contributed by atoms with Crippen LogP contribution in [0.2, 0.25) is 0 Å². The molecule has 0 bridgehead atoms. The lowest BCUT2D eigenvalue weighted by atomic mass is 9.91. The van der Waals surface area contributed by atoms with Crippen LogP contribution in [0.4, 0.5) is 17.9 Å². The molecule has 0 radical (unpaired) electrons. The number of hydrogen-bond donors (Lipinski definition) is 7. The molecule has 3 atom stereocenters. The molecule has 8 N–H and O–H groups in total. The van der Waals surface area contributed by atoms with Crippen LogP contribution in [0.5, 0.6) is 0 Å². The van der Waals surface area contributed by atoms with Crippen molar-refractivity contribution < 1.29 is 37.1 Å². The van der Waals surface area contributed by atoms with Crippen molar-refractivity contribution in [2.45, 2.75) is 82.7 Å². The number of rotatable bonds is 25. The van der Waals surface area contributed by atoms with Crippen molar-refractivity contribution >= 4 is 23.5 Å². The summed E-state index contributed by atoms with van der Waals surface area (Å²) in [5.41, 5.74) is 10.9. The van der Waals surface area contributed by atoms with Crippen molar-refractivity contribution in [3.8, 4) is 0 Å². The molecule has 0 saturated carbocycles. The first-order chi connectivity index (χ1) is 17.8. The molecule has 0 saturated heterocycles. The van der Waals surface area contributed by atoms with Gasteiger partial charge in [-0.1, -0.05) is 6.42 Å². The van der Waals surface area contributed by atoms with Crippen molar-refractivity contribution in [2.24, 2.45) is 11.7 Å². The summed E-state index contributed by atoms with van der Waals surface area (Å²) in [6, 6.07) is -2.20. The van der Waals surface area contributed by atoms with Gasteiger partial charge in [0.1, 0.15) is 6.04 Å². The van der Waals surface area contributed by atoms with Crippen molar-refractivity contribution in [3.05, 3.63) is 0 Å². The third-order valence-electron chi connectivity index (χ3n) is 5.76. The summed E-state index contributed by atoms with van der Waals surface area (Å²) >= 11 is 0. The quantitative estimate of drug-likeness (QED) is 0.0505. The minimum atomic E-state index is -1.13. The van der Waals surface area contributed by atoms with E-state index in [0.29, 0.717) is 38.5 Å². The monoisotopic (exact) mass is 543 g/mol. The average molecular weight is 544 g/mol. The van der Waals surface area contributed by atoms with E-state index in [0.717, 1.165) is 0 Å². The maximum atomic E-state index is 13.2. The number of amides is 3. The van der Waals surface area contributed by atoms with Crippen LogP contribution in [0, 0.1) is 5.92 Å². The second-order valence-electron chi connectivity index (χ2n) is 8.74. The Bertz CT molecular complexity index is 665. The Kier molecular flexibility index (Phi) is 21.4. The molecule has 0 fully saturated rings. The first kappa shape index (κ1) is 34.6. The first-order valence-electron chi connectivity index (χ1n) is 12.6. The minimum Gasteiger partial charge on any atom is -0.370 e. The van der Waals surface area contributed by atoms with Crippen molar-refractivity contribution in [1.82, 2.24) is 32.8 Å². The molecule has 15 heteroatoms. The largest absolute Gasteiger partial charge is 0.370 e. The summed E-state index contributed by atoms with van der Waals surface area (Å²) in [7, 11) is 0. The Morgan fingerprint density at radius 2 is 1.14 bits per heavy atom. The van der Waals surface area contributed by atoms with Gasteiger partial charge in [0.25, 0.3) is 0 Å². The van der Waals surface area contributed by atoms with E-state index in [4.69, 9.17) is 5.73 Å². The van der Waals surface area contributed by atoms with E-state index >= 15 is 0 Å². The fourth-order valence-corrected chi connectivity index (χ4v) is 3.61. The van der Waals surface area contributed by atoms with Gasteiger partial charge >= 0.3 is 0 Å². The van der Waals surface area contributed by atoms with Crippen LogP contribution in [0.3, 0.4) is 0 Å². The predicted molar refractivity (Wildman–Crippen MR) is 129 cm³/mol. The third-order valence-corrected chi connectivity index (χ3v) is 5.76. The van der Waals surface area contributed by atoms with E-state index in [2.05, 4.69) is 10.6 Å². The van der Waals surface area contributed by atoms with Crippen molar-refractivity contribution in [3.63, 3.8) is 0 Å². The summed E-state index contributed by atoms with van der Waals surface area (Å²) in [6.07, 6.45) is 2.76. The lowest BCUT2D eigenvalue weighted by Crippen LogP contribution is -2.41. The summed E-state index contributed by atoms with van der Waals surface area (Å²) in [4.78, 5) is 48.2. The van der Waals surface area contributed by atoms with E-state index in [-0.39, 0.29) is 58.3 Å². The number of Topliss-reactive ketones (excluding diaryl/α,β-unsaturated/α-hetero) is 1. The lowest BCUT2D eigenvalue weighted by molar-refractivity contribution is -0.131. The molecule has 0 aromatic heterocycles. The smallest absolute Gasteiger partial charge is 0.239 e. The zero-order chi connectivity index (χ0) is 27.9. The number of nitrogens with two attached hydrogens (primary N) is 1. The van der Waals surface area contributed by atoms with Crippen molar-refractivity contribution in [1.29, 1.82) is 0 Å². The van der Waals surface area contributed by atoms with E-state index < -0.39 is 41.5 Å².